The Morgan fingerprint density at radius 3 is 2.73 bits per heavy atom. The number of benzene rings is 1. The van der Waals surface area contributed by atoms with Gasteiger partial charge in [0.15, 0.2) is 0 Å². The van der Waals surface area contributed by atoms with E-state index in [-0.39, 0.29) is 10.7 Å². The van der Waals surface area contributed by atoms with Crippen LogP contribution in [0, 0.1) is 17.0 Å². The highest BCUT2D eigenvalue weighted by molar-refractivity contribution is 6.34. The van der Waals surface area contributed by atoms with Gasteiger partial charge in [0, 0.05) is 12.4 Å². The van der Waals surface area contributed by atoms with Gasteiger partial charge in [0.05, 0.1) is 10.3 Å². The Morgan fingerprint density at radius 2 is 2.07 bits per heavy atom. The second-order valence-electron chi connectivity index (χ2n) is 3.20. The molecule has 15 heavy (non-hydrogen) atoms. The lowest BCUT2D eigenvalue weighted by atomic mass is 10.1. The number of halogens is 1. The lowest BCUT2D eigenvalue weighted by molar-refractivity contribution is -0.382. The van der Waals surface area contributed by atoms with E-state index >= 15 is 0 Å². The summed E-state index contributed by atoms with van der Waals surface area (Å²) in [5.41, 5.74) is 0.817. The van der Waals surface area contributed by atoms with Crippen molar-refractivity contribution in [1.82, 2.24) is 4.98 Å². The van der Waals surface area contributed by atoms with Crippen LogP contribution in [-0.4, -0.2) is 9.91 Å². The first-order valence-corrected chi connectivity index (χ1v) is 4.66. The Bertz CT molecular complexity index is 554. The van der Waals surface area contributed by atoms with Gasteiger partial charge in [-0.25, -0.2) is 0 Å². The van der Waals surface area contributed by atoms with Gasteiger partial charge in [-0.1, -0.05) is 17.7 Å². The zero-order chi connectivity index (χ0) is 11.0. The van der Waals surface area contributed by atoms with Crippen molar-refractivity contribution >= 4 is 28.1 Å². The number of rotatable bonds is 1. The number of nitro groups is 1. The van der Waals surface area contributed by atoms with E-state index < -0.39 is 4.92 Å². The van der Waals surface area contributed by atoms with Gasteiger partial charge < -0.3 is 0 Å². The van der Waals surface area contributed by atoms with Crippen molar-refractivity contribution in [3.63, 3.8) is 0 Å². The molecule has 0 saturated carbocycles. The van der Waals surface area contributed by atoms with Crippen LogP contribution in [0.15, 0.2) is 24.5 Å². The van der Waals surface area contributed by atoms with Gasteiger partial charge in [-0.3, -0.25) is 15.1 Å². The van der Waals surface area contributed by atoms with Crippen molar-refractivity contribution < 1.29 is 4.92 Å². The first kappa shape index (κ1) is 9.86. The molecule has 5 heteroatoms. The van der Waals surface area contributed by atoms with Crippen molar-refractivity contribution in [2.75, 3.05) is 0 Å². The van der Waals surface area contributed by atoms with Crippen LogP contribution in [0.25, 0.3) is 10.8 Å². The van der Waals surface area contributed by atoms with Gasteiger partial charge in [0.25, 0.3) is 5.69 Å². The first-order valence-electron chi connectivity index (χ1n) is 4.28. The molecule has 0 amide bonds. The summed E-state index contributed by atoms with van der Waals surface area (Å²) in [6.45, 7) is 1.85. The number of fused-ring (bicyclic) bond motifs is 1. The van der Waals surface area contributed by atoms with Gasteiger partial charge in [0.2, 0.25) is 0 Å². The second kappa shape index (κ2) is 3.47. The first-order chi connectivity index (χ1) is 7.11. The fraction of sp³-hybridized carbons (Fsp3) is 0.100. The third-order valence-corrected chi connectivity index (χ3v) is 2.55. The molecule has 76 valence electrons. The monoisotopic (exact) mass is 222 g/mol. The Morgan fingerprint density at radius 1 is 1.33 bits per heavy atom. The molecular weight excluding hydrogens is 216 g/mol. The van der Waals surface area contributed by atoms with Crippen LogP contribution < -0.4 is 0 Å². The standard InChI is InChI=1S/C10H7ClN2O2/c1-6-4-12-5-8-7(6)2-3-9(11)10(8)13(14)15/h2-5H,1H3. The summed E-state index contributed by atoms with van der Waals surface area (Å²) in [4.78, 5) is 14.3. The molecule has 1 heterocycles. The summed E-state index contributed by atoms with van der Waals surface area (Å²) in [5, 5.41) is 12.3. The number of aryl methyl sites for hydroxylation is 1. The van der Waals surface area contributed by atoms with Gasteiger partial charge in [0.1, 0.15) is 5.02 Å². The molecule has 0 radical (unpaired) electrons. The fourth-order valence-corrected chi connectivity index (χ4v) is 1.77. The van der Waals surface area contributed by atoms with Crippen LogP contribution in [-0.2, 0) is 0 Å². The highest BCUT2D eigenvalue weighted by Gasteiger charge is 2.17. The highest BCUT2D eigenvalue weighted by Crippen LogP contribution is 2.33. The molecule has 0 aliphatic heterocycles. The predicted molar refractivity (Wildman–Crippen MR) is 58.1 cm³/mol. The smallest absolute Gasteiger partial charge is 0.264 e. The third kappa shape index (κ3) is 1.53. The molecule has 1 aromatic heterocycles. The fourth-order valence-electron chi connectivity index (χ4n) is 1.53. The maximum absolute atomic E-state index is 10.8. The van der Waals surface area contributed by atoms with Crippen molar-refractivity contribution in [1.29, 1.82) is 0 Å². The minimum absolute atomic E-state index is 0.0784. The van der Waals surface area contributed by atoms with Crippen molar-refractivity contribution in [3.8, 4) is 0 Å². The Labute approximate surface area is 90.7 Å². The number of nitro benzene ring substituents is 1. The maximum atomic E-state index is 10.8. The minimum atomic E-state index is -0.480. The molecule has 2 rings (SSSR count). The van der Waals surface area contributed by atoms with Crippen molar-refractivity contribution in [3.05, 3.63) is 45.2 Å². The van der Waals surface area contributed by atoms with E-state index in [9.17, 15) is 10.1 Å². The van der Waals surface area contributed by atoms with Crippen molar-refractivity contribution in [2.45, 2.75) is 6.92 Å². The number of hydrogen-bond acceptors (Lipinski definition) is 3. The topological polar surface area (TPSA) is 56.0 Å². The molecule has 0 N–H and O–H groups in total. The lowest BCUT2D eigenvalue weighted by Crippen LogP contribution is -1.92. The molecule has 0 atom stereocenters. The Balaban J connectivity index is 2.94. The molecule has 0 unspecified atom stereocenters. The number of hydrogen-bond donors (Lipinski definition) is 0. The summed E-state index contributed by atoms with van der Waals surface area (Å²) >= 11 is 5.78. The van der Waals surface area contributed by atoms with E-state index in [1.165, 1.54) is 12.3 Å². The Kier molecular flexibility index (Phi) is 2.28. The van der Waals surface area contributed by atoms with E-state index in [2.05, 4.69) is 4.98 Å². The van der Waals surface area contributed by atoms with E-state index in [0.717, 1.165) is 10.9 Å². The van der Waals surface area contributed by atoms with Crippen LogP contribution in [0.5, 0.6) is 0 Å². The van der Waals surface area contributed by atoms with Gasteiger partial charge >= 0.3 is 0 Å². The molecule has 0 spiro atoms. The highest BCUT2D eigenvalue weighted by atomic mass is 35.5. The molecule has 0 fully saturated rings. The second-order valence-corrected chi connectivity index (χ2v) is 3.61. The summed E-state index contributed by atoms with van der Waals surface area (Å²) in [6, 6.07) is 3.30. The SMILES string of the molecule is Cc1cncc2c([N+](=O)[O-])c(Cl)ccc12. The van der Waals surface area contributed by atoms with Crippen LogP contribution >= 0.6 is 11.6 Å². The normalized spacial score (nSPS) is 10.5. The summed E-state index contributed by atoms with van der Waals surface area (Å²) < 4.78 is 0. The average Bonchev–Trinajstić information content (AvgIpc) is 2.17. The van der Waals surface area contributed by atoms with E-state index in [1.807, 2.05) is 6.92 Å². The lowest BCUT2D eigenvalue weighted by Gasteiger charge is -2.02. The van der Waals surface area contributed by atoms with Gasteiger partial charge in [-0.05, 0) is 23.9 Å². The van der Waals surface area contributed by atoms with Crippen LogP contribution in [0.1, 0.15) is 5.56 Å². The molecule has 0 bridgehead atoms. The quantitative estimate of drug-likeness (QED) is 0.550. The van der Waals surface area contributed by atoms with Crippen LogP contribution in [0.3, 0.4) is 0 Å². The van der Waals surface area contributed by atoms with E-state index in [0.29, 0.717) is 5.39 Å². The zero-order valence-electron chi connectivity index (χ0n) is 7.90. The third-order valence-electron chi connectivity index (χ3n) is 2.25. The maximum Gasteiger partial charge on any atom is 0.297 e. The average molecular weight is 223 g/mol. The minimum Gasteiger partial charge on any atom is -0.264 e. The van der Waals surface area contributed by atoms with Gasteiger partial charge in [-0.15, -0.1) is 0 Å². The number of pyridine rings is 1. The van der Waals surface area contributed by atoms with Crippen LogP contribution in [0.4, 0.5) is 5.69 Å². The summed E-state index contributed by atoms with van der Waals surface area (Å²) in [7, 11) is 0. The zero-order valence-corrected chi connectivity index (χ0v) is 8.65. The molecular formula is C10H7ClN2O2. The van der Waals surface area contributed by atoms with E-state index in [4.69, 9.17) is 11.6 Å². The molecule has 2 aromatic rings. The van der Waals surface area contributed by atoms with Crippen molar-refractivity contribution in [2.24, 2.45) is 0 Å². The Hall–Kier alpha value is -1.68. The molecule has 0 aliphatic carbocycles. The molecule has 1 aromatic carbocycles. The number of aromatic nitrogens is 1. The van der Waals surface area contributed by atoms with Gasteiger partial charge in [-0.2, -0.15) is 0 Å². The molecule has 0 aliphatic rings. The van der Waals surface area contributed by atoms with Crippen LogP contribution in [0.2, 0.25) is 5.02 Å². The number of nitrogens with zero attached hydrogens (tertiary/aromatic N) is 2. The molecule has 4 nitrogen and oxygen atoms in total. The van der Waals surface area contributed by atoms with E-state index in [1.54, 1.807) is 12.3 Å². The molecule has 0 saturated heterocycles. The largest absolute Gasteiger partial charge is 0.297 e. The predicted octanol–water partition coefficient (Wildman–Crippen LogP) is 3.10. The summed E-state index contributed by atoms with van der Waals surface area (Å²) in [5.74, 6) is 0. The summed E-state index contributed by atoms with van der Waals surface area (Å²) in [6.07, 6.45) is 3.13.